The van der Waals surface area contributed by atoms with E-state index in [1.807, 2.05) is 0 Å². The summed E-state index contributed by atoms with van der Waals surface area (Å²) in [5.74, 6) is 1.00. The van der Waals surface area contributed by atoms with E-state index in [0.29, 0.717) is 31.1 Å². The van der Waals surface area contributed by atoms with Crippen LogP contribution in [-0.4, -0.2) is 47.1 Å². The van der Waals surface area contributed by atoms with Gasteiger partial charge in [0.15, 0.2) is 0 Å². The van der Waals surface area contributed by atoms with Crippen molar-refractivity contribution < 1.29 is 19.1 Å². The molecule has 3 rings (SSSR count). The minimum Gasteiger partial charge on any atom is -0.474 e. The molecule has 0 radical (unpaired) electrons. The zero-order chi connectivity index (χ0) is 15.4. The van der Waals surface area contributed by atoms with Crippen LogP contribution in [0, 0.1) is 0 Å². The molecule has 2 aliphatic rings. The minimum absolute atomic E-state index is 0.0285. The number of nitrogens with zero attached hydrogens (tertiary/aromatic N) is 1. The zero-order valence-electron chi connectivity index (χ0n) is 12.1. The zero-order valence-corrected chi connectivity index (χ0v) is 12.9. The third-order valence-electron chi connectivity index (χ3n) is 3.69. The number of aromatic nitrogens is 1. The highest BCUT2D eigenvalue weighted by atomic mass is 32.2. The van der Waals surface area contributed by atoms with Crippen molar-refractivity contribution in [1.29, 1.82) is 0 Å². The summed E-state index contributed by atoms with van der Waals surface area (Å²) < 4.78 is 11.0. The topological polar surface area (TPSA) is 77.5 Å². The summed E-state index contributed by atoms with van der Waals surface area (Å²) in [6, 6.07) is 2.98. The number of carbonyl (C=O) groups excluding carboxylic acids is 2. The van der Waals surface area contributed by atoms with Gasteiger partial charge < -0.3 is 14.8 Å². The number of amides is 1. The van der Waals surface area contributed by atoms with Gasteiger partial charge in [0.1, 0.15) is 6.10 Å². The van der Waals surface area contributed by atoms with E-state index < -0.39 is 0 Å². The molecule has 0 unspecified atom stereocenters. The molecule has 0 aliphatic carbocycles. The van der Waals surface area contributed by atoms with Crippen LogP contribution in [-0.2, 0) is 9.53 Å². The molecule has 0 saturated carbocycles. The third kappa shape index (κ3) is 3.78. The first-order chi connectivity index (χ1) is 10.7. The Balaban J connectivity index is 1.56. The van der Waals surface area contributed by atoms with Gasteiger partial charge in [-0.15, -0.1) is 0 Å². The van der Waals surface area contributed by atoms with Crippen molar-refractivity contribution in [2.24, 2.45) is 0 Å². The minimum atomic E-state index is -0.379. The van der Waals surface area contributed by atoms with Crippen LogP contribution in [0.15, 0.2) is 18.3 Å². The van der Waals surface area contributed by atoms with Crippen molar-refractivity contribution in [1.82, 2.24) is 10.3 Å². The van der Waals surface area contributed by atoms with Gasteiger partial charge in [-0.3, -0.25) is 9.59 Å². The lowest BCUT2D eigenvalue weighted by Crippen LogP contribution is -2.37. The molecule has 1 atom stereocenters. The van der Waals surface area contributed by atoms with E-state index in [4.69, 9.17) is 9.47 Å². The molecule has 2 aliphatic heterocycles. The van der Waals surface area contributed by atoms with Crippen molar-refractivity contribution in [2.75, 3.05) is 19.0 Å². The molecule has 22 heavy (non-hydrogen) atoms. The van der Waals surface area contributed by atoms with Gasteiger partial charge in [0.25, 0.3) is 5.91 Å². The van der Waals surface area contributed by atoms with Gasteiger partial charge in [-0.25, -0.2) is 4.98 Å². The number of ether oxygens (including phenoxy) is 2. The van der Waals surface area contributed by atoms with Gasteiger partial charge in [0.2, 0.25) is 11.0 Å². The summed E-state index contributed by atoms with van der Waals surface area (Å²) >= 11 is 1.26. The Bertz CT molecular complexity index is 543. The second-order valence-electron chi connectivity index (χ2n) is 5.30. The predicted octanol–water partition coefficient (Wildman–Crippen LogP) is 1.40. The van der Waals surface area contributed by atoms with Gasteiger partial charge in [0, 0.05) is 30.9 Å². The third-order valence-corrected chi connectivity index (χ3v) is 4.70. The highest BCUT2D eigenvalue weighted by molar-refractivity contribution is 8.14. The van der Waals surface area contributed by atoms with Crippen LogP contribution in [0.4, 0.5) is 0 Å². The van der Waals surface area contributed by atoms with Crippen LogP contribution in [0.25, 0.3) is 0 Å². The lowest BCUT2D eigenvalue weighted by atomic mass is 10.1. The molecule has 6 nitrogen and oxygen atoms in total. The monoisotopic (exact) mass is 322 g/mol. The molecule has 1 N–H and O–H groups in total. The molecule has 118 valence electrons. The molecule has 2 fully saturated rings. The molecule has 3 heterocycles. The Kier molecular flexibility index (Phi) is 4.94. The van der Waals surface area contributed by atoms with E-state index >= 15 is 0 Å². The number of nitrogens with one attached hydrogen (secondary N) is 1. The van der Waals surface area contributed by atoms with Crippen LogP contribution in [0.2, 0.25) is 0 Å². The Hall–Kier alpha value is -1.60. The van der Waals surface area contributed by atoms with Gasteiger partial charge in [-0.05, 0) is 12.5 Å². The summed E-state index contributed by atoms with van der Waals surface area (Å²) in [5, 5.41) is 2.77. The first kappa shape index (κ1) is 15.3. The smallest absolute Gasteiger partial charge is 0.253 e. The average molecular weight is 322 g/mol. The molecule has 2 saturated heterocycles. The standard InChI is InChI=1S/C15H18N2O4S/c18-14(17-12-5-8-22-15(12)19)10-1-2-13(16-9-10)21-11-3-6-20-7-4-11/h1-2,9,11-12H,3-8H2,(H,17,18)/t12-/m1/s1. The lowest BCUT2D eigenvalue weighted by molar-refractivity contribution is -0.112. The van der Waals surface area contributed by atoms with E-state index in [1.165, 1.54) is 18.0 Å². The summed E-state index contributed by atoms with van der Waals surface area (Å²) in [6.45, 7) is 1.41. The maximum atomic E-state index is 12.1. The van der Waals surface area contributed by atoms with Gasteiger partial charge in [-0.2, -0.15) is 0 Å². The first-order valence-electron chi connectivity index (χ1n) is 7.40. The van der Waals surface area contributed by atoms with Gasteiger partial charge in [0.05, 0.1) is 24.8 Å². The quantitative estimate of drug-likeness (QED) is 0.903. The highest BCUT2D eigenvalue weighted by Gasteiger charge is 2.27. The Morgan fingerprint density at radius 2 is 2.14 bits per heavy atom. The van der Waals surface area contributed by atoms with E-state index in [1.54, 1.807) is 12.1 Å². The van der Waals surface area contributed by atoms with Crippen molar-refractivity contribution in [3.8, 4) is 5.88 Å². The molecule has 1 aromatic rings. The molecule has 7 heteroatoms. The maximum Gasteiger partial charge on any atom is 0.253 e. The highest BCUT2D eigenvalue weighted by Crippen LogP contribution is 2.20. The van der Waals surface area contributed by atoms with Gasteiger partial charge >= 0.3 is 0 Å². The van der Waals surface area contributed by atoms with Crippen molar-refractivity contribution >= 4 is 22.8 Å². The molecule has 0 bridgehead atoms. The van der Waals surface area contributed by atoms with E-state index in [2.05, 4.69) is 10.3 Å². The SMILES string of the molecule is O=C(N[C@@H]1CCSC1=O)c1ccc(OC2CCOCC2)nc1. The number of pyridine rings is 1. The summed E-state index contributed by atoms with van der Waals surface area (Å²) in [4.78, 5) is 27.8. The predicted molar refractivity (Wildman–Crippen MR) is 82.0 cm³/mol. The number of hydrogen-bond acceptors (Lipinski definition) is 6. The second kappa shape index (κ2) is 7.11. The van der Waals surface area contributed by atoms with Gasteiger partial charge in [-0.1, -0.05) is 11.8 Å². The van der Waals surface area contributed by atoms with Crippen LogP contribution in [0.5, 0.6) is 5.88 Å². The lowest BCUT2D eigenvalue weighted by Gasteiger charge is -2.22. The van der Waals surface area contributed by atoms with E-state index in [-0.39, 0.29) is 23.2 Å². The summed E-state index contributed by atoms with van der Waals surface area (Å²) in [7, 11) is 0. The maximum absolute atomic E-state index is 12.1. The Morgan fingerprint density at radius 3 is 2.77 bits per heavy atom. The van der Waals surface area contributed by atoms with E-state index in [0.717, 1.165) is 18.6 Å². The number of hydrogen-bond donors (Lipinski definition) is 1. The van der Waals surface area contributed by atoms with Crippen LogP contribution >= 0.6 is 11.8 Å². The second-order valence-corrected chi connectivity index (χ2v) is 6.40. The number of rotatable bonds is 4. The largest absolute Gasteiger partial charge is 0.474 e. The van der Waals surface area contributed by atoms with Crippen LogP contribution in [0.1, 0.15) is 29.6 Å². The molecule has 1 amide bonds. The van der Waals surface area contributed by atoms with Crippen molar-refractivity contribution in [2.45, 2.75) is 31.4 Å². The molecule has 1 aromatic heterocycles. The number of thioether (sulfide) groups is 1. The average Bonchev–Trinajstić information content (AvgIpc) is 2.94. The molecule has 0 aromatic carbocycles. The number of carbonyl (C=O) groups is 2. The molecular formula is C15H18N2O4S. The summed E-state index contributed by atoms with van der Waals surface area (Å²) in [6.07, 6.45) is 4.00. The Morgan fingerprint density at radius 1 is 1.32 bits per heavy atom. The Labute approximate surface area is 133 Å². The fraction of sp³-hybridized carbons (Fsp3) is 0.533. The molecule has 0 spiro atoms. The first-order valence-corrected chi connectivity index (χ1v) is 8.39. The van der Waals surface area contributed by atoms with E-state index in [9.17, 15) is 9.59 Å². The normalized spacial score (nSPS) is 22.5. The summed E-state index contributed by atoms with van der Waals surface area (Å²) in [5.41, 5.74) is 0.434. The van der Waals surface area contributed by atoms with Crippen molar-refractivity contribution in [3.63, 3.8) is 0 Å². The van der Waals surface area contributed by atoms with Crippen LogP contribution < -0.4 is 10.1 Å². The van der Waals surface area contributed by atoms with Crippen molar-refractivity contribution in [3.05, 3.63) is 23.9 Å². The fourth-order valence-corrected chi connectivity index (χ4v) is 3.35. The van der Waals surface area contributed by atoms with Crippen LogP contribution in [0.3, 0.4) is 0 Å². The fourth-order valence-electron chi connectivity index (χ4n) is 2.42. The molecular weight excluding hydrogens is 304 g/mol.